The first-order chi connectivity index (χ1) is 10.2. The van der Waals surface area contributed by atoms with Crippen LogP contribution in [0.1, 0.15) is 92.9 Å². The summed E-state index contributed by atoms with van der Waals surface area (Å²) in [4.78, 5) is 0. The van der Waals surface area contributed by atoms with Crippen LogP contribution in [0.25, 0.3) is 0 Å². The average Bonchev–Trinajstić information content (AvgIpc) is 2.79. The molecule has 0 aromatic carbocycles. The van der Waals surface area contributed by atoms with Gasteiger partial charge in [0.25, 0.3) is 0 Å². The summed E-state index contributed by atoms with van der Waals surface area (Å²) in [7, 11) is 0. The van der Waals surface area contributed by atoms with Crippen LogP contribution in [0.5, 0.6) is 0 Å². The second-order valence-electron chi connectivity index (χ2n) is 11.1. The van der Waals surface area contributed by atoms with Crippen LogP contribution in [0.2, 0.25) is 0 Å². The van der Waals surface area contributed by atoms with Gasteiger partial charge in [0.2, 0.25) is 0 Å². The van der Waals surface area contributed by atoms with E-state index in [-0.39, 0.29) is 0 Å². The van der Waals surface area contributed by atoms with E-state index in [2.05, 4.69) is 41.5 Å². The maximum Gasteiger partial charge on any atom is -0.0303 e. The third-order valence-electron chi connectivity index (χ3n) is 7.62. The van der Waals surface area contributed by atoms with Crippen LogP contribution < -0.4 is 0 Å². The molecule has 22 heavy (non-hydrogen) atoms. The van der Waals surface area contributed by atoms with E-state index in [9.17, 15) is 0 Å². The molecule has 4 unspecified atom stereocenters. The molecule has 0 amide bonds. The lowest BCUT2D eigenvalue weighted by molar-refractivity contribution is 0.232. The van der Waals surface area contributed by atoms with Crippen LogP contribution in [-0.2, 0) is 0 Å². The van der Waals surface area contributed by atoms with Gasteiger partial charge < -0.3 is 0 Å². The summed E-state index contributed by atoms with van der Waals surface area (Å²) in [5.74, 6) is 6.62. The van der Waals surface area contributed by atoms with Crippen LogP contribution in [0.15, 0.2) is 0 Å². The lowest BCUT2D eigenvalue weighted by atomic mass is 9.78. The Balaban J connectivity index is 0.000000133. The predicted octanol–water partition coefficient (Wildman–Crippen LogP) is 6.94. The van der Waals surface area contributed by atoms with Crippen molar-refractivity contribution in [3.63, 3.8) is 0 Å². The summed E-state index contributed by atoms with van der Waals surface area (Å²) >= 11 is 0. The van der Waals surface area contributed by atoms with Gasteiger partial charge in [0.05, 0.1) is 0 Å². The number of hydrogen-bond acceptors (Lipinski definition) is 0. The Bertz CT molecular complexity index is 358. The minimum absolute atomic E-state index is 0.574. The lowest BCUT2D eigenvalue weighted by Crippen LogP contribution is -2.17. The molecule has 0 N–H and O–H groups in total. The Kier molecular flexibility index (Phi) is 4.45. The van der Waals surface area contributed by atoms with Crippen LogP contribution in [0.4, 0.5) is 0 Å². The Morgan fingerprint density at radius 2 is 1.05 bits per heavy atom. The van der Waals surface area contributed by atoms with Gasteiger partial charge in [0.15, 0.2) is 0 Å². The van der Waals surface area contributed by atoms with Crippen molar-refractivity contribution >= 4 is 0 Å². The number of fused-ring (bicyclic) bond motifs is 2. The van der Waals surface area contributed by atoms with E-state index in [1.54, 1.807) is 0 Å². The van der Waals surface area contributed by atoms with E-state index >= 15 is 0 Å². The summed E-state index contributed by atoms with van der Waals surface area (Å²) in [6.45, 7) is 14.4. The molecule has 128 valence electrons. The average molecular weight is 305 g/mol. The molecule has 4 saturated carbocycles. The minimum Gasteiger partial charge on any atom is -0.0599 e. The molecule has 4 fully saturated rings. The summed E-state index contributed by atoms with van der Waals surface area (Å²) in [5, 5.41) is 0. The zero-order valence-electron chi connectivity index (χ0n) is 16.1. The van der Waals surface area contributed by atoms with E-state index in [0.29, 0.717) is 10.8 Å². The molecule has 0 bridgehead atoms. The van der Waals surface area contributed by atoms with Crippen LogP contribution in [0, 0.1) is 46.3 Å². The smallest absolute Gasteiger partial charge is 0.0303 e. The number of hydrogen-bond donors (Lipinski definition) is 0. The van der Waals surface area contributed by atoms with E-state index in [4.69, 9.17) is 0 Å². The maximum absolute atomic E-state index is 2.42. The summed E-state index contributed by atoms with van der Waals surface area (Å²) < 4.78 is 0. The standard InChI is InChI=1S/C12H22.C10H18/c1-12(2,3)11-7-9-5-4-6-10(9)8-11;1-10(2,3)9-7-5-4-6-8(7)9/h9-11H,4-8H2,1-3H3;7-9H,4-6H2,1-3H3. The van der Waals surface area contributed by atoms with Crippen LogP contribution >= 0.6 is 0 Å². The zero-order chi connectivity index (χ0) is 16.1. The highest BCUT2D eigenvalue weighted by Gasteiger charge is 2.56. The quantitative estimate of drug-likeness (QED) is 0.455. The fourth-order valence-corrected chi connectivity index (χ4v) is 6.37. The topological polar surface area (TPSA) is 0 Å². The molecule has 0 saturated heterocycles. The SMILES string of the molecule is CC(C)(C)C1C2CCCC21.CC(C)(C)C1CC2CCCC2C1. The second kappa shape index (κ2) is 5.82. The zero-order valence-corrected chi connectivity index (χ0v) is 16.1. The maximum atomic E-state index is 2.42. The molecule has 0 aromatic heterocycles. The highest BCUT2D eigenvalue weighted by atomic mass is 14.6. The van der Waals surface area contributed by atoms with Crippen molar-refractivity contribution in [3.8, 4) is 0 Å². The molecule has 0 aliphatic heterocycles. The fraction of sp³-hybridized carbons (Fsp3) is 1.00. The van der Waals surface area contributed by atoms with Gasteiger partial charge >= 0.3 is 0 Å². The predicted molar refractivity (Wildman–Crippen MR) is 96.8 cm³/mol. The molecule has 0 aromatic rings. The molecular formula is C22H40. The molecule has 4 aliphatic rings. The molecule has 0 heteroatoms. The van der Waals surface area contributed by atoms with E-state index in [1.165, 1.54) is 51.4 Å². The van der Waals surface area contributed by atoms with Gasteiger partial charge in [-0.2, -0.15) is 0 Å². The highest BCUT2D eigenvalue weighted by molar-refractivity contribution is 5.05. The number of rotatable bonds is 0. The molecule has 0 radical (unpaired) electrons. The Labute approximate surface area is 139 Å². The van der Waals surface area contributed by atoms with Crippen molar-refractivity contribution in [1.29, 1.82) is 0 Å². The largest absolute Gasteiger partial charge is 0.0599 e. The molecule has 4 atom stereocenters. The monoisotopic (exact) mass is 304 g/mol. The van der Waals surface area contributed by atoms with Crippen molar-refractivity contribution in [3.05, 3.63) is 0 Å². The van der Waals surface area contributed by atoms with Gasteiger partial charge in [-0.05, 0) is 72.0 Å². The van der Waals surface area contributed by atoms with Crippen molar-refractivity contribution in [2.75, 3.05) is 0 Å². The van der Waals surface area contributed by atoms with Gasteiger partial charge in [-0.15, -0.1) is 0 Å². The van der Waals surface area contributed by atoms with Crippen molar-refractivity contribution in [2.45, 2.75) is 92.9 Å². The van der Waals surface area contributed by atoms with Gasteiger partial charge in [0.1, 0.15) is 0 Å². The molecule has 4 rings (SSSR count). The summed E-state index contributed by atoms with van der Waals surface area (Å²) in [6.07, 6.45) is 12.3. The molecule has 0 heterocycles. The van der Waals surface area contributed by atoms with Crippen LogP contribution in [-0.4, -0.2) is 0 Å². The van der Waals surface area contributed by atoms with E-state index in [0.717, 1.165) is 35.5 Å². The lowest BCUT2D eigenvalue weighted by Gasteiger charge is -2.27. The molecule has 0 nitrogen and oxygen atoms in total. The van der Waals surface area contributed by atoms with Crippen molar-refractivity contribution in [2.24, 2.45) is 46.3 Å². The Hall–Kier alpha value is 0. The highest BCUT2D eigenvalue weighted by Crippen LogP contribution is 2.64. The van der Waals surface area contributed by atoms with Gasteiger partial charge in [-0.25, -0.2) is 0 Å². The Morgan fingerprint density at radius 3 is 1.41 bits per heavy atom. The van der Waals surface area contributed by atoms with Crippen LogP contribution in [0.3, 0.4) is 0 Å². The molecular weight excluding hydrogens is 264 g/mol. The molecule has 0 spiro atoms. The van der Waals surface area contributed by atoms with Gasteiger partial charge in [0, 0.05) is 0 Å². The second-order valence-corrected chi connectivity index (χ2v) is 11.1. The van der Waals surface area contributed by atoms with Crippen molar-refractivity contribution in [1.82, 2.24) is 0 Å². The third kappa shape index (κ3) is 3.41. The molecule has 4 aliphatic carbocycles. The van der Waals surface area contributed by atoms with E-state index in [1.807, 2.05) is 0 Å². The van der Waals surface area contributed by atoms with Gasteiger partial charge in [-0.1, -0.05) is 67.2 Å². The van der Waals surface area contributed by atoms with Crippen molar-refractivity contribution < 1.29 is 0 Å². The van der Waals surface area contributed by atoms with E-state index < -0.39 is 0 Å². The first-order valence-corrected chi connectivity index (χ1v) is 10.2. The summed E-state index contributed by atoms with van der Waals surface area (Å²) in [6, 6.07) is 0. The first kappa shape index (κ1) is 16.8. The Morgan fingerprint density at radius 1 is 0.591 bits per heavy atom. The first-order valence-electron chi connectivity index (χ1n) is 10.2. The third-order valence-corrected chi connectivity index (χ3v) is 7.62. The summed E-state index contributed by atoms with van der Waals surface area (Å²) in [5.41, 5.74) is 1.18. The minimum atomic E-state index is 0.574. The normalized spacial score (nSPS) is 43.4. The fourth-order valence-electron chi connectivity index (χ4n) is 6.37. The van der Waals surface area contributed by atoms with Gasteiger partial charge in [-0.3, -0.25) is 0 Å².